The third-order valence-electron chi connectivity index (χ3n) is 2.15. The fraction of sp³-hybridized carbons (Fsp3) is 0.800. The van der Waals surface area contributed by atoms with E-state index in [0.717, 1.165) is 0 Å². The lowest BCUT2D eigenvalue weighted by Crippen LogP contribution is -2.28. The van der Waals surface area contributed by atoms with Crippen LogP contribution in [0.1, 0.15) is 41.5 Å². The summed E-state index contributed by atoms with van der Waals surface area (Å²) in [7, 11) is 2.94. The van der Waals surface area contributed by atoms with Crippen LogP contribution in [0.5, 0.6) is 0 Å². The maximum atomic E-state index is 11.2. The molecule has 0 radical (unpaired) electrons. The molecule has 0 unspecified atom stereocenters. The molecule has 0 atom stereocenters. The highest BCUT2D eigenvalue weighted by Gasteiger charge is 2.31. The maximum Gasteiger partial charge on any atom is 0.146 e. The minimum Gasteiger partial charge on any atom is -0.298 e. The van der Waals surface area contributed by atoms with Crippen molar-refractivity contribution in [2.75, 3.05) is 0 Å². The smallest absolute Gasteiger partial charge is 0.146 e. The molecule has 0 aliphatic carbocycles. The number of carbonyl (C=O) groups is 2. The Hall–Kier alpha value is 0.0400. The van der Waals surface area contributed by atoms with Crippen molar-refractivity contribution in [3.63, 3.8) is 0 Å². The van der Waals surface area contributed by atoms with Crippen LogP contribution in [0.3, 0.4) is 0 Å². The first kappa shape index (κ1) is 14.0. The van der Waals surface area contributed by atoms with Crippen LogP contribution >= 0.6 is 21.6 Å². The van der Waals surface area contributed by atoms with Crippen molar-refractivity contribution in [1.29, 1.82) is 0 Å². The normalized spacial score (nSPS) is 12.7. The molecule has 14 heavy (non-hydrogen) atoms. The van der Waals surface area contributed by atoms with Gasteiger partial charge in [0.1, 0.15) is 11.6 Å². The molecule has 0 saturated heterocycles. The van der Waals surface area contributed by atoms with Gasteiger partial charge in [0.15, 0.2) is 0 Å². The molecule has 0 aromatic carbocycles. The lowest BCUT2D eigenvalue weighted by Gasteiger charge is -2.26. The molecular weight excluding hydrogens is 216 g/mol. The van der Waals surface area contributed by atoms with Crippen LogP contribution in [-0.4, -0.2) is 21.1 Å². The molecule has 0 N–H and O–H groups in total. The first-order valence-electron chi connectivity index (χ1n) is 4.48. The third kappa shape index (κ3) is 4.05. The summed E-state index contributed by atoms with van der Waals surface area (Å²) in [4.78, 5) is 22.5. The van der Waals surface area contributed by atoms with Crippen molar-refractivity contribution in [2.45, 2.75) is 51.0 Å². The van der Waals surface area contributed by atoms with Crippen LogP contribution in [-0.2, 0) is 9.59 Å². The van der Waals surface area contributed by atoms with E-state index in [1.54, 1.807) is 13.8 Å². The predicted octanol–water partition coefficient (Wildman–Crippen LogP) is 3.10. The van der Waals surface area contributed by atoms with E-state index < -0.39 is 9.49 Å². The Kier molecular flexibility index (Phi) is 4.72. The van der Waals surface area contributed by atoms with Gasteiger partial charge in [-0.3, -0.25) is 9.59 Å². The van der Waals surface area contributed by atoms with Gasteiger partial charge in [0, 0.05) is 0 Å². The monoisotopic (exact) mass is 234 g/mol. The van der Waals surface area contributed by atoms with E-state index in [0.29, 0.717) is 0 Å². The van der Waals surface area contributed by atoms with E-state index in [9.17, 15) is 9.59 Å². The average Bonchev–Trinajstić information content (AvgIpc) is 2.01. The number of hydrogen-bond acceptors (Lipinski definition) is 4. The molecule has 0 fully saturated rings. The van der Waals surface area contributed by atoms with Gasteiger partial charge in [-0.2, -0.15) is 0 Å². The summed E-state index contributed by atoms with van der Waals surface area (Å²) < 4.78 is -0.839. The van der Waals surface area contributed by atoms with Crippen molar-refractivity contribution in [3.8, 4) is 0 Å². The minimum absolute atomic E-state index is 0.134. The minimum atomic E-state index is -0.419. The third-order valence-corrected chi connectivity index (χ3v) is 6.40. The molecular formula is C10H18O2S2. The van der Waals surface area contributed by atoms with Gasteiger partial charge in [0.25, 0.3) is 0 Å². The molecule has 0 aromatic rings. The van der Waals surface area contributed by atoms with Gasteiger partial charge in [0.05, 0.1) is 9.49 Å². The SMILES string of the molecule is CC(=O)C(C)(C)SSC(C)(C)C(C)=O. The van der Waals surface area contributed by atoms with E-state index >= 15 is 0 Å². The van der Waals surface area contributed by atoms with Crippen LogP contribution in [0.2, 0.25) is 0 Å². The van der Waals surface area contributed by atoms with Crippen molar-refractivity contribution in [3.05, 3.63) is 0 Å². The molecule has 2 nitrogen and oxygen atoms in total. The van der Waals surface area contributed by atoms with E-state index in [1.807, 2.05) is 27.7 Å². The first-order valence-corrected chi connectivity index (χ1v) is 6.63. The highest BCUT2D eigenvalue weighted by molar-refractivity contribution is 8.78. The van der Waals surface area contributed by atoms with Gasteiger partial charge in [-0.05, 0) is 41.5 Å². The van der Waals surface area contributed by atoms with E-state index in [2.05, 4.69) is 0 Å². The zero-order valence-corrected chi connectivity index (χ0v) is 11.3. The van der Waals surface area contributed by atoms with Crippen molar-refractivity contribution in [2.24, 2.45) is 0 Å². The van der Waals surface area contributed by atoms with Crippen LogP contribution in [0.4, 0.5) is 0 Å². The van der Waals surface area contributed by atoms with E-state index in [4.69, 9.17) is 0 Å². The summed E-state index contributed by atoms with van der Waals surface area (Å²) in [6.07, 6.45) is 0. The van der Waals surface area contributed by atoms with Gasteiger partial charge < -0.3 is 0 Å². The van der Waals surface area contributed by atoms with Gasteiger partial charge >= 0.3 is 0 Å². The van der Waals surface area contributed by atoms with Gasteiger partial charge in [-0.1, -0.05) is 21.6 Å². The largest absolute Gasteiger partial charge is 0.298 e. The molecule has 0 heterocycles. The van der Waals surface area contributed by atoms with Gasteiger partial charge in [-0.25, -0.2) is 0 Å². The summed E-state index contributed by atoms with van der Waals surface area (Å²) in [6, 6.07) is 0. The number of carbonyl (C=O) groups excluding carboxylic acids is 2. The Bertz CT molecular complexity index is 219. The summed E-state index contributed by atoms with van der Waals surface area (Å²) in [5.74, 6) is 0.267. The number of ketones is 2. The lowest BCUT2D eigenvalue weighted by molar-refractivity contribution is -0.119. The zero-order valence-electron chi connectivity index (χ0n) is 9.63. The lowest BCUT2D eigenvalue weighted by atomic mass is 10.1. The second-order valence-corrected chi connectivity index (χ2v) is 7.67. The summed E-state index contributed by atoms with van der Waals surface area (Å²) in [5, 5.41) is 0. The molecule has 4 heteroatoms. The highest BCUT2D eigenvalue weighted by atomic mass is 33.1. The fourth-order valence-electron chi connectivity index (χ4n) is 0.326. The van der Waals surface area contributed by atoms with E-state index in [1.165, 1.54) is 21.6 Å². The summed E-state index contributed by atoms with van der Waals surface area (Å²) >= 11 is 0. The first-order chi connectivity index (χ1) is 6.09. The molecule has 0 saturated carbocycles. The summed E-state index contributed by atoms with van der Waals surface area (Å²) in [6.45, 7) is 10.7. The number of Topliss-reactive ketones (excluding diaryl/α,β-unsaturated/α-hetero) is 2. The molecule has 0 aromatic heterocycles. The topological polar surface area (TPSA) is 34.1 Å². The average molecular weight is 234 g/mol. The fourth-order valence-corrected chi connectivity index (χ4v) is 2.93. The Morgan fingerprint density at radius 3 is 1.14 bits per heavy atom. The predicted molar refractivity (Wildman–Crippen MR) is 64.7 cm³/mol. The van der Waals surface area contributed by atoms with Gasteiger partial charge in [0.2, 0.25) is 0 Å². The molecule has 82 valence electrons. The molecule has 0 bridgehead atoms. The number of hydrogen-bond donors (Lipinski definition) is 0. The Morgan fingerprint density at radius 2 is 1.00 bits per heavy atom. The van der Waals surface area contributed by atoms with Crippen molar-refractivity contribution in [1.82, 2.24) is 0 Å². The van der Waals surface area contributed by atoms with Crippen molar-refractivity contribution < 1.29 is 9.59 Å². The summed E-state index contributed by atoms with van der Waals surface area (Å²) in [5.41, 5.74) is 0. The van der Waals surface area contributed by atoms with Crippen molar-refractivity contribution >= 4 is 33.2 Å². The van der Waals surface area contributed by atoms with E-state index in [-0.39, 0.29) is 11.6 Å². The van der Waals surface area contributed by atoms with Crippen LogP contribution in [0.15, 0.2) is 0 Å². The zero-order chi connectivity index (χ0) is 11.6. The second-order valence-electron chi connectivity index (χ2n) is 4.30. The standard InChI is InChI=1S/C10H18O2S2/c1-7(11)9(3,4)13-14-10(5,6)8(2)12/h1-6H3. The quantitative estimate of drug-likeness (QED) is 0.685. The van der Waals surface area contributed by atoms with Crippen LogP contribution in [0.25, 0.3) is 0 Å². The highest BCUT2D eigenvalue weighted by Crippen LogP contribution is 2.44. The molecule has 0 aliphatic rings. The molecule has 0 spiro atoms. The number of rotatable bonds is 5. The molecule has 0 aliphatic heterocycles. The Morgan fingerprint density at radius 1 is 0.786 bits per heavy atom. The second kappa shape index (κ2) is 4.71. The van der Waals surface area contributed by atoms with Gasteiger partial charge in [-0.15, -0.1) is 0 Å². The Balaban J connectivity index is 4.32. The Labute approximate surface area is 94.0 Å². The van der Waals surface area contributed by atoms with Crippen LogP contribution < -0.4 is 0 Å². The van der Waals surface area contributed by atoms with Crippen LogP contribution in [0, 0.1) is 0 Å². The molecule has 0 amide bonds. The molecule has 0 rings (SSSR count). The maximum absolute atomic E-state index is 11.2.